The molecule has 0 spiro atoms. The van der Waals surface area contributed by atoms with Crippen molar-refractivity contribution in [3.8, 4) is 0 Å². The third kappa shape index (κ3) is 3.81. The van der Waals surface area contributed by atoms with Crippen molar-refractivity contribution in [1.29, 1.82) is 0 Å². The van der Waals surface area contributed by atoms with Crippen molar-refractivity contribution < 1.29 is 0 Å². The summed E-state index contributed by atoms with van der Waals surface area (Å²) in [4.78, 5) is 4.42. The molecule has 2 rings (SSSR count). The number of halogens is 3. The number of alkyl halides is 1. The van der Waals surface area contributed by atoms with Gasteiger partial charge >= 0.3 is 0 Å². The van der Waals surface area contributed by atoms with E-state index in [0.717, 1.165) is 26.9 Å². The lowest BCUT2D eigenvalue weighted by molar-refractivity contribution is 0.755. The highest BCUT2D eigenvalue weighted by Crippen LogP contribution is 2.24. The largest absolute Gasteiger partial charge is 0.260 e. The van der Waals surface area contributed by atoms with Gasteiger partial charge in [0.15, 0.2) is 0 Å². The molecule has 1 aromatic heterocycles. The van der Waals surface area contributed by atoms with Crippen LogP contribution in [0.15, 0.2) is 47.1 Å². The van der Waals surface area contributed by atoms with Crippen LogP contribution in [0.2, 0.25) is 5.02 Å². The molecule has 1 aromatic carbocycles. The van der Waals surface area contributed by atoms with Crippen molar-refractivity contribution >= 4 is 43.5 Å². The average Bonchev–Trinajstić information content (AvgIpc) is 2.39. The molecule has 0 fully saturated rings. The normalized spacial score (nSPS) is 12.4. The molecule has 0 aliphatic carbocycles. The predicted octanol–water partition coefficient (Wildman–Crippen LogP) is 5.22. The fourth-order valence-corrected chi connectivity index (χ4v) is 2.74. The highest BCUT2D eigenvalue weighted by molar-refractivity contribution is 9.10. The van der Waals surface area contributed by atoms with Crippen LogP contribution in [0.5, 0.6) is 0 Å². The van der Waals surface area contributed by atoms with E-state index in [4.69, 9.17) is 11.6 Å². The Morgan fingerprint density at radius 2 is 1.83 bits per heavy atom. The molecule has 1 nitrogen and oxygen atoms in total. The van der Waals surface area contributed by atoms with Crippen LogP contribution in [-0.2, 0) is 6.42 Å². The summed E-state index contributed by atoms with van der Waals surface area (Å²) in [6.45, 7) is 0. The van der Waals surface area contributed by atoms with Crippen molar-refractivity contribution in [2.24, 2.45) is 0 Å². The molecule has 94 valence electrons. The highest BCUT2D eigenvalue weighted by Gasteiger charge is 2.11. The number of pyridine rings is 1. The number of hydrogen-bond acceptors (Lipinski definition) is 1. The fraction of sp³-hybridized carbons (Fsp3) is 0.214. The molecule has 0 bridgehead atoms. The van der Waals surface area contributed by atoms with Gasteiger partial charge in [-0.25, -0.2) is 0 Å². The smallest absolute Gasteiger partial charge is 0.0413 e. The molecule has 4 heteroatoms. The zero-order chi connectivity index (χ0) is 13.0. The van der Waals surface area contributed by atoms with Gasteiger partial charge in [-0.15, -0.1) is 0 Å². The van der Waals surface area contributed by atoms with Gasteiger partial charge in [-0.2, -0.15) is 0 Å². The maximum atomic E-state index is 5.91. The zero-order valence-electron chi connectivity index (χ0n) is 9.61. The molecule has 1 atom stereocenters. The molecule has 1 unspecified atom stereocenters. The van der Waals surface area contributed by atoms with E-state index in [2.05, 4.69) is 55.0 Å². The minimum Gasteiger partial charge on any atom is -0.260 e. The van der Waals surface area contributed by atoms with Gasteiger partial charge in [0.1, 0.15) is 0 Å². The summed E-state index contributed by atoms with van der Waals surface area (Å²) in [7, 11) is 0. The fourth-order valence-electron chi connectivity index (χ4n) is 1.78. The van der Waals surface area contributed by atoms with Crippen LogP contribution in [0.25, 0.3) is 0 Å². The SMILES string of the molecule is Clc1ccc(C(CBr)Cc2ccc(Br)cn2)cc1. The Morgan fingerprint density at radius 3 is 2.39 bits per heavy atom. The number of aromatic nitrogens is 1. The van der Waals surface area contributed by atoms with E-state index < -0.39 is 0 Å². The lowest BCUT2D eigenvalue weighted by atomic mass is 9.96. The Labute approximate surface area is 129 Å². The number of hydrogen-bond donors (Lipinski definition) is 0. The first-order valence-corrected chi connectivity index (χ1v) is 7.90. The quantitative estimate of drug-likeness (QED) is 0.654. The van der Waals surface area contributed by atoms with E-state index in [1.54, 1.807) is 0 Å². The monoisotopic (exact) mass is 387 g/mol. The van der Waals surface area contributed by atoms with E-state index in [1.165, 1.54) is 5.56 Å². The van der Waals surface area contributed by atoms with Crippen LogP contribution in [0, 0.1) is 0 Å². The predicted molar refractivity (Wildman–Crippen MR) is 83.6 cm³/mol. The molecule has 0 amide bonds. The minimum absolute atomic E-state index is 0.413. The summed E-state index contributed by atoms with van der Waals surface area (Å²) in [5.74, 6) is 0.413. The van der Waals surface area contributed by atoms with Crippen LogP contribution in [0.1, 0.15) is 17.2 Å². The first-order valence-electron chi connectivity index (χ1n) is 5.61. The van der Waals surface area contributed by atoms with E-state index in [0.29, 0.717) is 5.92 Å². The Bertz CT molecular complexity index is 496. The standard InChI is InChI=1S/C14H12Br2ClN/c15-8-11(10-1-4-13(17)5-2-10)7-14-6-3-12(16)9-18-14/h1-6,9,11H,7-8H2. The maximum Gasteiger partial charge on any atom is 0.0413 e. The third-order valence-corrected chi connectivity index (χ3v) is 4.27. The molecular formula is C14H12Br2ClN. The van der Waals surface area contributed by atoms with Crippen molar-refractivity contribution in [2.45, 2.75) is 12.3 Å². The molecule has 0 aliphatic rings. The molecule has 0 aliphatic heterocycles. The number of rotatable bonds is 4. The van der Waals surface area contributed by atoms with Gasteiger partial charge in [-0.05, 0) is 58.1 Å². The van der Waals surface area contributed by atoms with Crippen LogP contribution in [0.3, 0.4) is 0 Å². The lowest BCUT2D eigenvalue weighted by Gasteiger charge is -2.14. The lowest BCUT2D eigenvalue weighted by Crippen LogP contribution is -2.05. The second-order valence-corrected chi connectivity index (χ2v) is 6.07. The molecule has 0 saturated carbocycles. The topological polar surface area (TPSA) is 12.9 Å². The van der Waals surface area contributed by atoms with Crippen LogP contribution in [0.4, 0.5) is 0 Å². The summed E-state index contributed by atoms with van der Waals surface area (Å²) in [5.41, 5.74) is 2.37. The van der Waals surface area contributed by atoms with Crippen molar-refractivity contribution in [2.75, 3.05) is 5.33 Å². The molecule has 0 N–H and O–H groups in total. The van der Waals surface area contributed by atoms with Gasteiger partial charge in [-0.1, -0.05) is 39.7 Å². The van der Waals surface area contributed by atoms with Gasteiger partial charge in [-0.3, -0.25) is 4.98 Å². The van der Waals surface area contributed by atoms with Crippen LogP contribution < -0.4 is 0 Å². The molecule has 1 heterocycles. The first-order chi connectivity index (χ1) is 8.69. The first kappa shape index (κ1) is 14.0. The van der Waals surface area contributed by atoms with Gasteiger partial charge < -0.3 is 0 Å². The summed E-state index contributed by atoms with van der Waals surface area (Å²) < 4.78 is 1.01. The van der Waals surface area contributed by atoms with E-state index in [1.807, 2.05) is 24.4 Å². The minimum atomic E-state index is 0.413. The molecule has 0 radical (unpaired) electrons. The Hall–Kier alpha value is -0.380. The van der Waals surface area contributed by atoms with Crippen LogP contribution in [-0.4, -0.2) is 10.3 Å². The summed E-state index contributed by atoms with van der Waals surface area (Å²) in [6.07, 6.45) is 2.75. The van der Waals surface area contributed by atoms with Gasteiger partial charge in [0.25, 0.3) is 0 Å². The summed E-state index contributed by atoms with van der Waals surface area (Å²) >= 11 is 12.9. The molecule has 2 aromatic rings. The molecule has 0 saturated heterocycles. The maximum absolute atomic E-state index is 5.91. The highest BCUT2D eigenvalue weighted by atomic mass is 79.9. The van der Waals surface area contributed by atoms with Gasteiger partial charge in [0.2, 0.25) is 0 Å². The van der Waals surface area contributed by atoms with E-state index >= 15 is 0 Å². The van der Waals surface area contributed by atoms with Crippen molar-refractivity contribution in [1.82, 2.24) is 4.98 Å². The summed E-state index contributed by atoms with van der Waals surface area (Å²) in [5, 5.41) is 1.68. The second kappa shape index (κ2) is 6.69. The van der Waals surface area contributed by atoms with Crippen molar-refractivity contribution in [3.05, 3.63) is 63.3 Å². The van der Waals surface area contributed by atoms with Gasteiger partial charge in [0.05, 0.1) is 0 Å². The second-order valence-electron chi connectivity index (χ2n) is 4.07. The Morgan fingerprint density at radius 1 is 1.11 bits per heavy atom. The number of benzene rings is 1. The molecular weight excluding hydrogens is 377 g/mol. The summed E-state index contributed by atoms with van der Waals surface area (Å²) in [6, 6.07) is 12.1. The van der Waals surface area contributed by atoms with Crippen LogP contribution >= 0.6 is 43.5 Å². The Kier molecular flexibility index (Phi) is 5.22. The molecule has 18 heavy (non-hydrogen) atoms. The van der Waals surface area contributed by atoms with E-state index in [-0.39, 0.29) is 0 Å². The third-order valence-electron chi connectivity index (χ3n) is 2.77. The van der Waals surface area contributed by atoms with E-state index in [9.17, 15) is 0 Å². The average molecular weight is 390 g/mol. The Balaban J connectivity index is 2.14. The van der Waals surface area contributed by atoms with Gasteiger partial charge in [0, 0.05) is 26.7 Å². The number of nitrogens with zero attached hydrogens (tertiary/aromatic N) is 1. The zero-order valence-corrected chi connectivity index (χ0v) is 13.5. The van der Waals surface area contributed by atoms with Crippen molar-refractivity contribution in [3.63, 3.8) is 0 Å².